The number of benzene rings is 1. The summed E-state index contributed by atoms with van der Waals surface area (Å²) in [6, 6.07) is 5.18. The van der Waals surface area contributed by atoms with Crippen molar-refractivity contribution in [1.29, 1.82) is 5.41 Å². The summed E-state index contributed by atoms with van der Waals surface area (Å²) in [7, 11) is 1.67. The summed E-state index contributed by atoms with van der Waals surface area (Å²) >= 11 is 13.6. The standard InChI is InChI=1S/C15H16Cl2N4O2S/c1-20-15(22)11(13(18)21-5-7-23-8-6-21)14(24-20)19-12-9(16)3-2-4-10(12)17/h2-4,18-19H,5-8H2,1H3. The Bertz CT molecular complexity index is 807. The zero-order valence-corrected chi connectivity index (χ0v) is 15.3. The Balaban J connectivity index is 1.99. The predicted molar refractivity (Wildman–Crippen MR) is 98.5 cm³/mol. The molecule has 2 heterocycles. The first-order valence-corrected chi connectivity index (χ1v) is 8.85. The van der Waals surface area contributed by atoms with E-state index in [9.17, 15) is 4.79 Å². The third-order valence-electron chi connectivity index (χ3n) is 3.72. The molecule has 0 unspecified atom stereocenters. The Hall–Kier alpha value is -1.54. The second-order valence-corrected chi connectivity index (χ2v) is 7.22. The zero-order valence-electron chi connectivity index (χ0n) is 12.9. The van der Waals surface area contributed by atoms with Gasteiger partial charge >= 0.3 is 0 Å². The van der Waals surface area contributed by atoms with Crippen LogP contribution in [0.2, 0.25) is 10.0 Å². The van der Waals surface area contributed by atoms with Gasteiger partial charge in [0.05, 0.1) is 28.9 Å². The highest BCUT2D eigenvalue weighted by atomic mass is 35.5. The Morgan fingerprint density at radius 3 is 2.54 bits per heavy atom. The maximum atomic E-state index is 12.5. The van der Waals surface area contributed by atoms with Crippen molar-refractivity contribution < 1.29 is 4.74 Å². The summed E-state index contributed by atoms with van der Waals surface area (Å²) in [5, 5.41) is 13.0. The number of ether oxygens (including phenoxy) is 1. The average molecular weight is 387 g/mol. The molecule has 1 fully saturated rings. The monoisotopic (exact) mass is 386 g/mol. The quantitative estimate of drug-likeness (QED) is 0.627. The third kappa shape index (κ3) is 3.30. The fraction of sp³-hybridized carbons (Fsp3) is 0.333. The number of morpholine rings is 1. The lowest BCUT2D eigenvalue weighted by Gasteiger charge is -2.28. The van der Waals surface area contributed by atoms with Gasteiger partial charge in [0.25, 0.3) is 5.56 Å². The summed E-state index contributed by atoms with van der Waals surface area (Å²) in [4.78, 5) is 14.3. The molecule has 1 aromatic carbocycles. The van der Waals surface area contributed by atoms with Crippen molar-refractivity contribution in [2.45, 2.75) is 0 Å². The highest BCUT2D eigenvalue weighted by Crippen LogP contribution is 2.34. The molecule has 128 valence electrons. The third-order valence-corrected chi connectivity index (χ3v) is 5.28. The second-order valence-electron chi connectivity index (χ2n) is 5.27. The molecule has 2 N–H and O–H groups in total. The number of aromatic nitrogens is 1. The van der Waals surface area contributed by atoms with Gasteiger partial charge in [0.15, 0.2) is 0 Å². The van der Waals surface area contributed by atoms with Gasteiger partial charge < -0.3 is 15.0 Å². The minimum absolute atomic E-state index is 0.186. The van der Waals surface area contributed by atoms with E-state index < -0.39 is 0 Å². The van der Waals surface area contributed by atoms with Crippen LogP contribution in [0.5, 0.6) is 0 Å². The van der Waals surface area contributed by atoms with Gasteiger partial charge in [-0.05, 0) is 23.7 Å². The van der Waals surface area contributed by atoms with Crippen LogP contribution in [0, 0.1) is 5.41 Å². The number of rotatable bonds is 3. The van der Waals surface area contributed by atoms with E-state index in [1.54, 1.807) is 25.2 Å². The first-order chi connectivity index (χ1) is 11.5. The highest BCUT2D eigenvalue weighted by molar-refractivity contribution is 7.11. The molecule has 9 heteroatoms. The van der Waals surface area contributed by atoms with Crippen LogP contribution in [0.15, 0.2) is 23.0 Å². The second kappa shape index (κ2) is 7.14. The van der Waals surface area contributed by atoms with Crippen LogP contribution in [0.4, 0.5) is 10.7 Å². The number of amidine groups is 1. The number of hydrogen-bond acceptors (Lipinski definition) is 5. The largest absolute Gasteiger partial charge is 0.378 e. The van der Waals surface area contributed by atoms with Crippen molar-refractivity contribution in [3.63, 3.8) is 0 Å². The van der Waals surface area contributed by atoms with Gasteiger partial charge in [-0.25, -0.2) is 0 Å². The molecule has 0 atom stereocenters. The minimum Gasteiger partial charge on any atom is -0.378 e. The number of halogens is 2. The molecule has 24 heavy (non-hydrogen) atoms. The summed E-state index contributed by atoms with van der Waals surface area (Å²) in [5.41, 5.74) is 0.626. The predicted octanol–water partition coefficient (Wildman–Crippen LogP) is 3.15. The summed E-state index contributed by atoms with van der Waals surface area (Å²) in [6.45, 7) is 2.27. The summed E-state index contributed by atoms with van der Waals surface area (Å²) in [6.07, 6.45) is 0. The van der Waals surface area contributed by atoms with E-state index in [-0.39, 0.29) is 11.4 Å². The first kappa shape index (κ1) is 17.3. The molecule has 1 aromatic heterocycles. The normalized spacial score (nSPS) is 14.7. The summed E-state index contributed by atoms with van der Waals surface area (Å²) < 4.78 is 6.79. The molecule has 1 aliphatic rings. The van der Waals surface area contributed by atoms with E-state index in [2.05, 4.69) is 5.32 Å². The van der Waals surface area contributed by atoms with Crippen molar-refractivity contribution in [2.75, 3.05) is 31.6 Å². The number of anilines is 2. The maximum absolute atomic E-state index is 12.5. The topological polar surface area (TPSA) is 70.3 Å². The van der Waals surface area contributed by atoms with Gasteiger partial charge in [0, 0.05) is 20.1 Å². The van der Waals surface area contributed by atoms with Crippen LogP contribution >= 0.6 is 34.7 Å². The Morgan fingerprint density at radius 1 is 1.29 bits per heavy atom. The maximum Gasteiger partial charge on any atom is 0.273 e. The van der Waals surface area contributed by atoms with Gasteiger partial charge in [0.1, 0.15) is 16.4 Å². The molecule has 1 saturated heterocycles. The van der Waals surface area contributed by atoms with Crippen molar-refractivity contribution in [2.24, 2.45) is 7.05 Å². The molecule has 0 bridgehead atoms. The van der Waals surface area contributed by atoms with Crippen LogP contribution < -0.4 is 10.9 Å². The molecule has 0 amide bonds. The first-order valence-electron chi connectivity index (χ1n) is 7.32. The fourth-order valence-corrected chi connectivity index (χ4v) is 3.81. The lowest BCUT2D eigenvalue weighted by Crippen LogP contribution is -2.42. The fourth-order valence-electron chi connectivity index (χ4n) is 2.45. The van der Waals surface area contributed by atoms with E-state index in [0.717, 1.165) is 0 Å². The highest BCUT2D eigenvalue weighted by Gasteiger charge is 2.24. The number of aryl methyl sites for hydroxylation is 1. The van der Waals surface area contributed by atoms with Crippen LogP contribution in [-0.4, -0.2) is 41.0 Å². The molecule has 6 nitrogen and oxygen atoms in total. The van der Waals surface area contributed by atoms with E-state index in [1.807, 2.05) is 4.90 Å². The Morgan fingerprint density at radius 2 is 1.92 bits per heavy atom. The molecular weight excluding hydrogens is 371 g/mol. The SMILES string of the molecule is Cn1sc(Nc2c(Cl)cccc2Cl)c(C(=N)N2CCOCC2)c1=O. The van der Waals surface area contributed by atoms with Crippen molar-refractivity contribution in [1.82, 2.24) is 8.86 Å². The van der Waals surface area contributed by atoms with Gasteiger partial charge in [0.2, 0.25) is 0 Å². The molecule has 0 aliphatic carbocycles. The van der Waals surface area contributed by atoms with Crippen LogP contribution in [0.1, 0.15) is 5.56 Å². The smallest absolute Gasteiger partial charge is 0.273 e. The average Bonchev–Trinajstić information content (AvgIpc) is 2.85. The van der Waals surface area contributed by atoms with E-state index in [4.69, 9.17) is 33.3 Å². The molecule has 0 saturated carbocycles. The molecular formula is C15H16Cl2N4O2S. The molecule has 1 aliphatic heterocycles. The minimum atomic E-state index is -0.220. The van der Waals surface area contributed by atoms with Gasteiger partial charge in [-0.2, -0.15) is 0 Å². The molecule has 0 spiro atoms. The number of nitrogens with zero attached hydrogens (tertiary/aromatic N) is 2. The Labute approximate surface area is 153 Å². The zero-order chi connectivity index (χ0) is 17.3. The van der Waals surface area contributed by atoms with Gasteiger partial charge in [-0.1, -0.05) is 29.3 Å². The number of hydrogen-bond donors (Lipinski definition) is 2. The van der Waals surface area contributed by atoms with Gasteiger partial charge in [-0.15, -0.1) is 0 Å². The number of nitrogens with one attached hydrogen (secondary N) is 2. The van der Waals surface area contributed by atoms with E-state index >= 15 is 0 Å². The molecule has 2 aromatic rings. The molecule has 0 radical (unpaired) electrons. The van der Waals surface area contributed by atoms with Crippen LogP contribution in [0.3, 0.4) is 0 Å². The van der Waals surface area contributed by atoms with Crippen LogP contribution in [0.25, 0.3) is 0 Å². The van der Waals surface area contributed by atoms with Crippen molar-refractivity contribution in [3.05, 3.63) is 44.2 Å². The van der Waals surface area contributed by atoms with Crippen LogP contribution in [-0.2, 0) is 11.8 Å². The van der Waals surface area contributed by atoms with E-state index in [0.29, 0.717) is 52.6 Å². The Kier molecular flexibility index (Phi) is 5.15. The van der Waals surface area contributed by atoms with Crippen molar-refractivity contribution in [3.8, 4) is 0 Å². The summed E-state index contributed by atoms with van der Waals surface area (Å²) in [5.74, 6) is 0.186. The lowest BCUT2D eigenvalue weighted by molar-refractivity contribution is 0.0679. The number of para-hydroxylation sites is 1. The van der Waals surface area contributed by atoms with Gasteiger partial charge in [-0.3, -0.25) is 14.2 Å². The lowest BCUT2D eigenvalue weighted by atomic mass is 10.2. The van der Waals surface area contributed by atoms with E-state index in [1.165, 1.54) is 15.5 Å². The van der Waals surface area contributed by atoms with Crippen molar-refractivity contribution >= 4 is 51.3 Å². The molecule has 3 rings (SSSR count).